The van der Waals surface area contributed by atoms with Crippen molar-refractivity contribution in [3.8, 4) is 11.5 Å². The highest BCUT2D eigenvalue weighted by atomic mass is 16.5. The zero-order valence-electron chi connectivity index (χ0n) is 9.57. The van der Waals surface area contributed by atoms with Gasteiger partial charge in [0.25, 0.3) is 0 Å². The van der Waals surface area contributed by atoms with Crippen LogP contribution >= 0.6 is 0 Å². The number of methoxy groups -OCH3 is 1. The van der Waals surface area contributed by atoms with Crippen molar-refractivity contribution in [3.63, 3.8) is 0 Å². The molecule has 0 N–H and O–H groups in total. The van der Waals surface area contributed by atoms with Crippen molar-refractivity contribution >= 4 is 0 Å². The van der Waals surface area contributed by atoms with Crippen molar-refractivity contribution < 1.29 is 9.47 Å². The molecule has 1 radical (unpaired) electrons. The van der Waals surface area contributed by atoms with Crippen molar-refractivity contribution in [1.82, 2.24) is 0 Å². The molecule has 1 aromatic carbocycles. The normalized spacial score (nSPS) is 23.1. The minimum atomic E-state index is -0.330. The van der Waals surface area contributed by atoms with Gasteiger partial charge in [0.2, 0.25) is 0 Å². The van der Waals surface area contributed by atoms with E-state index >= 15 is 0 Å². The largest absolute Gasteiger partial charge is 0.493 e. The predicted octanol–water partition coefficient (Wildman–Crippen LogP) is 3.15. The molecule has 0 spiro atoms. The second kappa shape index (κ2) is 4.44. The average Bonchev–Trinajstić information content (AvgIpc) is 2.30. The monoisotopic (exact) mass is 215 g/mol. The summed E-state index contributed by atoms with van der Waals surface area (Å²) in [7, 11) is 1.65. The lowest BCUT2D eigenvalue weighted by molar-refractivity contribution is 0.135. The summed E-state index contributed by atoms with van der Waals surface area (Å²) < 4.78 is 11.2. The Hall–Kier alpha value is -1.70. The van der Waals surface area contributed by atoms with Crippen LogP contribution in [-0.2, 0) is 0 Å². The van der Waals surface area contributed by atoms with E-state index in [0.717, 1.165) is 17.9 Å². The van der Waals surface area contributed by atoms with E-state index in [9.17, 15) is 0 Å². The molecule has 1 aliphatic carbocycles. The summed E-state index contributed by atoms with van der Waals surface area (Å²) in [5.74, 6) is 1.52. The maximum atomic E-state index is 5.97. The van der Waals surface area contributed by atoms with E-state index < -0.39 is 0 Å². The Morgan fingerprint density at radius 2 is 2.00 bits per heavy atom. The molecule has 0 bridgehead atoms. The Bertz CT molecular complexity index is 420. The molecule has 0 saturated heterocycles. The quantitative estimate of drug-likeness (QED) is 0.771. The number of rotatable bonds is 3. The number of hydrogen-bond acceptors (Lipinski definition) is 2. The minimum absolute atomic E-state index is 0.330. The first-order valence-corrected chi connectivity index (χ1v) is 5.30. The summed E-state index contributed by atoms with van der Waals surface area (Å²) >= 11 is 0. The number of ether oxygens (including phenoxy) is 2. The fraction of sp³-hybridized carbons (Fsp3) is 0.286. The van der Waals surface area contributed by atoms with Crippen LogP contribution in [-0.4, -0.2) is 12.7 Å². The Morgan fingerprint density at radius 1 is 1.25 bits per heavy atom. The molecule has 83 valence electrons. The van der Waals surface area contributed by atoms with Crippen LogP contribution < -0.4 is 9.47 Å². The molecule has 16 heavy (non-hydrogen) atoms. The van der Waals surface area contributed by atoms with Crippen LogP contribution in [0.5, 0.6) is 11.5 Å². The lowest BCUT2D eigenvalue weighted by Crippen LogP contribution is -2.30. The average molecular weight is 215 g/mol. The Labute approximate surface area is 96.2 Å². The maximum absolute atomic E-state index is 5.97. The van der Waals surface area contributed by atoms with Crippen molar-refractivity contribution in [3.05, 3.63) is 48.6 Å². The van der Waals surface area contributed by atoms with Crippen LogP contribution in [0.2, 0.25) is 0 Å². The third-order valence-corrected chi connectivity index (χ3v) is 2.53. The van der Waals surface area contributed by atoms with E-state index in [2.05, 4.69) is 6.08 Å². The lowest BCUT2D eigenvalue weighted by Gasteiger charge is -2.28. The molecular weight excluding hydrogens is 200 g/mol. The predicted molar refractivity (Wildman–Crippen MR) is 63.6 cm³/mol. The number of benzene rings is 1. The van der Waals surface area contributed by atoms with Gasteiger partial charge in [0, 0.05) is 6.42 Å². The van der Waals surface area contributed by atoms with Crippen LogP contribution in [0.4, 0.5) is 0 Å². The molecule has 1 aliphatic rings. The van der Waals surface area contributed by atoms with Gasteiger partial charge in [-0.3, -0.25) is 0 Å². The van der Waals surface area contributed by atoms with Crippen molar-refractivity contribution in [2.75, 3.05) is 7.11 Å². The number of para-hydroxylation sites is 2. The Morgan fingerprint density at radius 3 is 2.62 bits per heavy atom. The molecule has 0 aromatic heterocycles. The van der Waals surface area contributed by atoms with Gasteiger partial charge in [-0.25, -0.2) is 0 Å². The van der Waals surface area contributed by atoms with E-state index in [0.29, 0.717) is 0 Å². The van der Waals surface area contributed by atoms with Crippen LogP contribution in [0.25, 0.3) is 0 Å². The van der Waals surface area contributed by atoms with Crippen molar-refractivity contribution in [2.45, 2.75) is 18.9 Å². The van der Waals surface area contributed by atoms with Gasteiger partial charge >= 0.3 is 0 Å². The van der Waals surface area contributed by atoms with E-state index in [1.807, 2.05) is 49.4 Å². The summed E-state index contributed by atoms with van der Waals surface area (Å²) in [5, 5.41) is 0. The van der Waals surface area contributed by atoms with Gasteiger partial charge in [-0.2, -0.15) is 0 Å². The van der Waals surface area contributed by atoms with E-state index in [1.165, 1.54) is 0 Å². The first-order chi connectivity index (χ1) is 7.73. The molecular formula is C14H15O2. The van der Waals surface area contributed by atoms with Gasteiger partial charge < -0.3 is 9.47 Å². The van der Waals surface area contributed by atoms with E-state index in [-0.39, 0.29) is 5.60 Å². The fourth-order valence-corrected chi connectivity index (χ4v) is 1.66. The molecule has 2 nitrogen and oxygen atoms in total. The molecule has 1 aromatic rings. The summed E-state index contributed by atoms with van der Waals surface area (Å²) in [6.45, 7) is 2.04. The first-order valence-electron chi connectivity index (χ1n) is 5.30. The van der Waals surface area contributed by atoms with Gasteiger partial charge in [0.05, 0.1) is 7.11 Å². The van der Waals surface area contributed by atoms with Gasteiger partial charge in [-0.1, -0.05) is 24.3 Å². The summed E-state index contributed by atoms with van der Waals surface area (Å²) in [6.07, 6.45) is 9.81. The van der Waals surface area contributed by atoms with Gasteiger partial charge in [0.15, 0.2) is 11.5 Å². The standard InChI is InChI=1S/C14H15O2/c1-14(10-6-3-7-11-14)16-13-9-5-4-8-12(13)15-2/h3-6,8-10H,11H2,1-2H3. The molecule has 0 aliphatic heterocycles. The number of allylic oxidation sites excluding steroid dienone is 2. The molecule has 0 fully saturated rings. The number of hydrogen-bond donors (Lipinski definition) is 0. The zero-order valence-corrected chi connectivity index (χ0v) is 9.57. The highest BCUT2D eigenvalue weighted by molar-refractivity contribution is 5.40. The zero-order chi connectivity index (χ0) is 11.4. The first kappa shape index (κ1) is 10.8. The fourth-order valence-electron chi connectivity index (χ4n) is 1.66. The second-order valence-electron chi connectivity index (χ2n) is 3.97. The highest BCUT2D eigenvalue weighted by Crippen LogP contribution is 2.32. The molecule has 2 heteroatoms. The smallest absolute Gasteiger partial charge is 0.162 e. The van der Waals surface area contributed by atoms with Crippen LogP contribution in [0.1, 0.15) is 13.3 Å². The molecule has 1 unspecified atom stereocenters. The SMILES string of the molecule is COc1ccccc1OC1(C)C=CC=[C]C1. The Balaban J connectivity index is 2.20. The van der Waals surface area contributed by atoms with Crippen molar-refractivity contribution in [2.24, 2.45) is 0 Å². The van der Waals surface area contributed by atoms with Crippen LogP contribution in [0.3, 0.4) is 0 Å². The van der Waals surface area contributed by atoms with Gasteiger partial charge in [-0.05, 0) is 31.2 Å². The third-order valence-electron chi connectivity index (χ3n) is 2.53. The lowest BCUT2D eigenvalue weighted by atomic mass is 9.97. The van der Waals surface area contributed by atoms with Crippen molar-refractivity contribution in [1.29, 1.82) is 0 Å². The molecule has 0 amide bonds. The summed E-state index contributed by atoms with van der Waals surface area (Å²) in [5.41, 5.74) is -0.330. The van der Waals surface area contributed by atoms with Gasteiger partial charge in [0.1, 0.15) is 5.60 Å². The van der Waals surface area contributed by atoms with Crippen LogP contribution in [0.15, 0.2) is 42.5 Å². The summed E-state index contributed by atoms with van der Waals surface area (Å²) in [4.78, 5) is 0. The molecule has 0 saturated carbocycles. The molecule has 2 rings (SSSR count). The van der Waals surface area contributed by atoms with Crippen LogP contribution in [0, 0.1) is 6.08 Å². The van der Waals surface area contributed by atoms with E-state index in [4.69, 9.17) is 9.47 Å². The summed E-state index contributed by atoms with van der Waals surface area (Å²) in [6, 6.07) is 7.67. The maximum Gasteiger partial charge on any atom is 0.162 e. The minimum Gasteiger partial charge on any atom is -0.493 e. The topological polar surface area (TPSA) is 18.5 Å². The van der Waals surface area contributed by atoms with E-state index in [1.54, 1.807) is 7.11 Å². The Kier molecular flexibility index (Phi) is 3.00. The molecule has 1 atom stereocenters. The second-order valence-corrected chi connectivity index (χ2v) is 3.97. The third kappa shape index (κ3) is 2.27. The molecule has 0 heterocycles. The highest BCUT2D eigenvalue weighted by Gasteiger charge is 2.24. The van der Waals surface area contributed by atoms with Gasteiger partial charge in [-0.15, -0.1) is 0 Å².